The van der Waals surface area contributed by atoms with Gasteiger partial charge in [0.05, 0.1) is 5.92 Å². The molecule has 0 heterocycles. The molecule has 1 aromatic rings. The molecule has 1 N–H and O–H groups in total. The number of carboxylic acids is 1. The zero-order valence-corrected chi connectivity index (χ0v) is 11.4. The summed E-state index contributed by atoms with van der Waals surface area (Å²) in [7, 11) is 0. The van der Waals surface area contributed by atoms with E-state index >= 15 is 0 Å². The maximum Gasteiger partial charge on any atom is 0.307 e. The molecule has 3 nitrogen and oxygen atoms in total. The number of hydrogen-bond acceptors (Lipinski definition) is 3. The molecule has 4 heteroatoms. The fraction of sp³-hybridized carbons (Fsp3) is 0.429. The van der Waals surface area contributed by atoms with Crippen LogP contribution in [-0.4, -0.2) is 21.9 Å². The minimum Gasteiger partial charge on any atom is -0.481 e. The van der Waals surface area contributed by atoms with E-state index < -0.39 is 11.9 Å². The molecule has 0 radical (unpaired) electrons. The molecule has 0 saturated carbocycles. The monoisotopic (exact) mass is 266 g/mol. The van der Waals surface area contributed by atoms with Crippen molar-refractivity contribution < 1.29 is 14.7 Å². The van der Waals surface area contributed by atoms with Crippen LogP contribution in [0, 0.1) is 5.92 Å². The van der Waals surface area contributed by atoms with Gasteiger partial charge in [0, 0.05) is 12.7 Å². The number of carbonyl (C=O) groups excluding carboxylic acids is 1. The van der Waals surface area contributed by atoms with E-state index in [1.165, 1.54) is 6.92 Å². The lowest BCUT2D eigenvalue weighted by Crippen LogP contribution is -2.24. The smallest absolute Gasteiger partial charge is 0.307 e. The third kappa shape index (κ3) is 4.18. The van der Waals surface area contributed by atoms with Gasteiger partial charge in [-0.15, -0.1) is 0 Å². The van der Waals surface area contributed by atoms with Gasteiger partial charge in [-0.2, -0.15) is 0 Å². The normalized spacial score (nSPS) is 13.9. The maximum atomic E-state index is 11.4. The van der Waals surface area contributed by atoms with Crippen molar-refractivity contribution in [3.05, 3.63) is 35.9 Å². The van der Waals surface area contributed by atoms with Crippen molar-refractivity contribution in [1.29, 1.82) is 0 Å². The summed E-state index contributed by atoms with van der Waals surface area (Å²) in [5.74, 6) is -1.07. The molecular formula is C14H18O3S. The summed E-state index contributed by atoms with van der Waals surface area (Å²) in [6.07, 6.45) is 0.749. The van der Waals surface area contributed by atoms with Crippen molar-refractivity contribution in [2.45, 2.75) is 26.2 Å². The molecule has 0 aliphatic rings. The Labute approximate surface area is 112 Å². The highest BCUT2D eigenvalue weighted by Gasteiger charge is 2.28. The van der Waals surface area contributed by atoms with Gasteiger partial charge < -0.3 is 5.11 Å². The molecule has 1 aromatic carbocycles. The Bertz CT molecular complexity index is 403. The van der Waals surface area contributed by atoms with E-state index in [9.17, 15) is 14.7 Å². The van der Waals surface area contributed by atoms with Crippen molar-refractivity contribution in [3.8, 4) is 0 Å². The summed E-state index contributed by atoms with van der Waals surface area (Å²) in [5, 5.41) is 9.29. The zero-order valence-electron chi connectivity index (χ0n) is 10.6. The first kappa shape index (κ1) is 14.8. The molecule has 0 spiro atoms. The second kappa shape index (κ2) is 7.21. The van der Waals surface area contributed by atoms with E-state index in [1.54, 1.807) is 0 Å². The molecule has 0 unspecified atom stereocenters. The second-order valence-corrected chi connectivity index (χ2v) is 5.37. The fourth-order valence-electron chi connectivity index (χ4n) is 2.02. The summed E-state index contributed by atoms with van der Waals surface area (Å²) in [5.41, 5.74) is 1.02. The molecule has 0 bridgehead atoms. The average Bonchev–Trinajstić information content (AvgIpc) is 2.34. The van der Waals surface area contributed by atoms with Crippen LogP contribution < -0.4 is 0 Å². The molecule has 0 aliphatic heterocycles. The van der Waals surface area contributed by atoms with Gasteiger partial charge in [0.15, 0.2) is 5.12 Å². The van der Waals surface area contributed by atoms with Crippen LogP contribution in [0.25, 0.3) is 0 Å². The molecule has 0 aromatic heterocycles. The number of aliphatic carboxylic acids is 1. The van der Waals surface area contributed by atoms with Gasteiger partial charge in [-0.05, 0) is 17.9 Å². The number of thioether (sulfide) groups is 1. The SMILES string of the molecule is CC[C@@H](c1ccccc1)[C@@H](CSC(C)=O)C(=O)O. The largest absolute Gasteiger partial charge is 0.481 e. The van der Waals surface area contributed by atoms with Gasteiger partial charge in [0.2, 0.25) is 0 Å². The van der Waals surface area contributed by atoms with Crippen LogP contribution in [0.15, 0.2) is 30.3 Å². The van der Waals surface area contributed by atoms with Crippen molar-refractivity contribution in [2.24, 2.45) is 5.92 Å². The Morgan fingerprint density at radius 2 is 1.89 bits per heavy atom. The first-order valence-corrected chi connectivity index (χ1v) is 6.96. The minimum absolute atomic E-state index is 0.0378. The molecule has 0 aliphatic carbocycles. The van der Waals surface area contributed by atoms with E-state index in [1.807, 2.05) is 37.3 Å². The third-order valence-electron chi connectivity index (χ3n) is 2.94. The number of carboxylic acid groups (broad SMARTS) is 1. The van der Waals surface area contributed by atoms with Crippen molar-refractivity contribution in [1.82, 2.24) is 0 Å². The zero-order chi connectivity index (χ0) is 13.5. The molecule has 0 fully saturated rings. The molecule has 2 atom stereocenters. The highest BCUT2D eigenvalue weighted by molar-refractivity contribution is 8.13. The summed E-state index contributed by atoms with van der Waals surface area (Å²) in [6.45, 7) is 3.44. The van der Waals surface area contributed by atoms with E-state index in [-0.39, 0.29) is 11.0 Å². The lowest BCUT2D eigenvalue weighted by molar-refractivity contribution is -0.141. The van der Waals surface area contributed by atoms with Gasteiger partial charge in [0.25, 0.3) is 0 Å². The quantitative estimate of drug-likeness (QED) is 0.859. The number of rotatable bonds is 6. The van der Waals surface area contributed by atoms with Crippen LogP contribution in [0.2, 0.25) is 0 Å². The fourth-order valence-corrected chi connectivity index (χ4v) is 2.81. The molecule has 98 valence electrons. The molecule has 0 saturated heterocycles. The van der Waals surface area contributed by atoms with E-state index in [0.717, 1.165) is 23.7 Å². The van der Waals surface area contributed by atoms with Gasteiger partial charge in [-0.3, -0.25) is 9.59 Å². The van der Waals surface area contributed by atoms with Crippen molar-refractivity contribution >= 4 is 22.8 Å². The minimum atomic E-state index is -0.834. The number of carbonyl (C=O) groups is 2. The molecular weight excluding hydrogens is 248 g/mol. The first-order chi connectivity index (χ1) is 8.56. The topological polar surface area (TPSA) is 54.4 Å². The lowest BCUT2D eigenvalue weighted by atomic mass is 9.85. The van der Waals surface area contributed by atoms with Crippen LogP contribution in [-0.2, 0) is 9.59 Å². The molecule has 0 amide bonds. The van der Waals surface area contributed by atoms with Crippen LogP contribution in [0.4, 0.5) is 0 Å². The Kier molecular flexibility index (Phi) is 5.92. The van der Waals surface area contributed by atoms with Crippen LogP contribution in [0.3, 0.4) is 0 Å². The molecule has 1 rings (SSSR count). The van der Waals surface area contributed by atoms with Crippen molar-refractivity contribution in [2.75, 3.05) is 5.75 Å². The summed E-state index contributed by atoms with van der Waals surface area (Å²) < 4.78 is 0. The summed E-state index contributed by atoms with van der Waals surface area (Å²) in [4.78, 5) is 22.3. The number of hydrogen-bond donors (Lipinski definition) is 1. The third-order valence-corrected chi connectivity index (χ3v) is 3.87. The van der Waals surface area contributed by atoms with Crippen LogP contribution >= 0.6 is 11.8 Å². The summed E-state index contributed by atoms with van der Waals surface area (Å²) >= 11 is 1.09. The van der Waals surface area contributed by atoms with Gasteiger partial charge >= 0.3 is 5.97 Å². The second-order valence-electron chi connectivity index (χ2n) is 4.17. The van der Waals surface area contributed by atoms with Gasteiger partial charge in [0.1, 0.15) is 0 Å². The Morgan fingerprint density at radius 1 is 1.28 bits per heavy atom. The lowest BCUT2D eigenvalue weighted by Gasteiger charge is -2.22. The van der Waals surface area contributed by atoms with E-state index in [0.29, 0.717) is 5.75 Å². The highest BCUT2D eigenvalue weighted by atomic mass is 32.2. The first-order valence-electron chi connectivity index (χ1n) is 5.97. The average molecular weight is 266 g/mol. The Morgan fingerprint density at radius 3 is 2.33 bits per heavy atom. The predicted octanol–water partition coefficient (Wildman–Crippen LogP) is 3.16. The predicted molar refractivity (Wildman–Crippen MR) is 73.7 cm³/mol. The highest BCUT2D eigenvalue weighted by Crippen LogP contribution is 2.30. The van der Waals surface area contributed by atoms with Crippen LogP contribution in [0.1, 0.15) is 31.7 Å². The Hall–Kier alpha value is -1.29. The molecule has 18 heavy (non-hydrogen) atoms. The van der Waals surface area contributed by atoms with Crippen molar-refractivity contribution in [3.63, 3.8) is 0 Å². The van der Waals surface area contributed by atoms with E-state index in [4.69, 9.17) is 0 Å². The van der Waals surface area contributed by atoms with Crippen LogP contribution in [0.5, 0.6) is 0 Å². The van der Waals surface area contributed by atoms with Gasteiger partial charge in [-0.1, -0.05) is 49.0 Å². The Balaban J connectivity index is 2.88. The summed E-state index contributed by atoms with van der Waals surface area (Å²) in [6, 6.07) is 9.63. The van der Waals surface area contributed by atoms with E-state index in [2.05, 4.69) is 0 Å². The van der Waals surface area contributed by atoms with Gasteiger partial charge in [-0.25, -0.2) is 0 Å². The maximum absolute atomic E-state index is 11.4. The standard InChI is InChI=1S/C14H18O3S/c1-3-12(11-7-5-4-6-8-11)13(14(16)17)9-18-10(2)15/h4-8,12-13H,3,9H2,1-2H3,(H,16,17)/t12-,13+/m0/s1. The number of benzene rings is 1.